The Hall–Kier alpha value is -2.95. The molecule has 42 heavy (non-hydrogen) atoms. The first kappa shape index (κ1) is 27.9. The number of rotatable bonds is 6. The van der Waals surface area contributed by atoms with Crippen LogP contribution in [0.3, 0.4) is 0 Å². The number of carbonyl (C=O) groups excluding carboxylic acids is 2. The highest BCUT2D eigenvalue weighted by molar-refractivity contribution is 5.95. The van der Waals surface area contributed by atoms with Crippen LogP contribution < -0.4 is 10.6 Å². The molecule has 0 radical (unpaired) electrons. The number of benzene rings is 1. The van der Waals surface area contributed by atoms with Crippen LogP contribution >= 0.6 is 0 Å². The van der Waals surface area contributed by atoms with Gasteiger partial charge in [0.2, 0.25) is 11.8 Å². The van der Waals surface area contributed by atoms with E-state index in [0.29, 0.717) is 31.6 Å². The summed E-state index contributed by atoms with van der Waals surface area (Å²) < 4.78 is 59.4. The maximum atomic E-state index is 13.9. The van der Waals surface area contributed by atoms with Gasteiger partial charge in [-0.15, -0.1) is 0 Å². The van der Waals surface area contributed by atoms with Crippen LogP contribution in [0.5, 0.6) is 0 Å². The van der Waals surface area contributed by atoms with Crippen LogP contribution in [-0.2, 0) is 25.3 Å². The summed E-state index contributed by atoms with van der Waals surface area (Å²) in [6.07, 6.45) is 4.46. The number of carbonyl (C=O) groups is 2. The molecule has 2 aliphatic heterocycles. The van der Waals surface area contributed by atoms with Crippen molar-refractivity contribution in [2.75, 3.05) is 18.5 Å². The van der Waals surface area contributed by atoms with E-state index in [9.17, 15) is 27.2 Å². The van der Waals surface area contributed by atoms with Crippen molar-refractivity contribution in [3.8, 4) is 0 Å². The van der Waals surface area contributed by atoms with Gasteiger partial charge in [0.15, 0.2) is 6.10 Å². The number of amides is 2. The number of halogens is 4. The van der Waals surface area contributed by atoms with Crippen LogP contribution in [0.1, 0.15) is 56.9 Å². The lowest BCUT2D eigenvalue weighted by Gasteiger charge is -2.34. The molecule has 1 aromatic rings. The molecular formula is C31H35F4N3O4. The first-order valence-electron chi connectivity index (χ1n) is 15.2. The molecule has 0 spiro atoms. The number of hydrogen-bond donors (Lipinski definition) is 2. The van der Waals surface area contributed by atoms with E-state index in [0.717, 1.165) is 62.8 Å². The summed E-state index contributed by atoms with van der Waals surface area (Å²) in [5.41, 5.74) is 0.661. The van der Waals surface area contributed by atoms with Gasteiger partial charge in [0.1, 0.15) is 5.82 Å². The van der Waals surface area contributed by atoms with Gasteiger partial charge in [-0.05, 0) is 75.0 Å². The van der Waals surface area contributed by atoms with E-state index in [1.54, 1.807) is 0 Å². The fourth-order valence-electron chi connectivity index (χ4n) is 8.07. The quantitative estimate of drug-likeness (QED) is 0.341. The average molecular weight is 590 g/mol. The topological polar surface area (TPSA) is 89.0 Å². The summed E-state index contributed by atoms with van der Waals surface area (Å²) >= 11 is 0. The number of nitrogens with zero attached hydrogens (tertiary/aromatic N) is 1. The Kier molecular flexibility index (Phi) is 7.06. The van der Waals surface area contributed by atoms with Crippen molar-refractivity contribution in [1.29, 1.82) is 0 Å². The minimum atomic E-state index is -4.88. The van der Waals surface area contributed by atoms with Crippen molar-refractivity contribution >= 4 is 23.2 Å². The second-order valence-electron chi connectivity index (χ2n) is 12.9. The van der Waals surface area contributed by atoms with Crippen molar-refractivity contribution in [3.05, 3.63) is 41.2 Å². The summed E-state index contributed by atoms with van der Waals surface area (Å²) in [5, 5.41) is 10.2. The van der Waals surface area contributed by atoms with Crippen LogP contribution in [0.2, 0.25) is 0 Å². The summed E-state index contributed by atoms with van der Waals surface area (Å²) in [5.74, 6) is -2.02. The van der Waals surface area contributed by atoms with E-state index in [4.69, 9.17) is 9.57 Å². The minimum Gasteiger partial charge on any atom is -0.389 e. The second kappa shape index (κ2) is 10.6. The molecule has 11 heteroatoms. The van der Waals surface area contributed by atoms with Gasteiger partial charge < -0.3 is 20.2 Å². The van der Waals surface area contributed by atoms with E-state index >= 15 is 0 Å². The molecule has 2 amide bonds. The predicted molar refractivity (Wildman–Crippen MR) is 145 cm³/mol. The molecule has 0 aromatic heterocycles. The number of fused-ring (bicyclic) bond motifs is 3. The normalized spacial score (nSPS) is 36.5. The fraction of sp³-hybridized carbons (Fsp3) is 0.645. The molecule has 6 aliphatic rings. The number of oxime groups is 1. The molecule has 7 rings (SSSR count). The number of alkyl halides is 3. The SMILES string of the molecule is O=C(N[C@@H]1C2CCC(/C2=C/C2CC2)[C@@H]1C(=O)Nc1ccc(F)c(C(F)(F)F)c1)C1CCC[C@@H](C2=NOC3COCC23)C1. The van der Waals surface area contributed by atoms with Gasteiger partial charge in [0.25, 0.3) is 0 Å². The third kappa shape index (κ3) is 5.11. The molecule has 4 aliphatic carbocycles. The lowest BCUT2D eigenvalue weighted by molar-refractivity contribution is -0.140. The van der Waals surface area contributed by atoms with Crippen molar-refractivity contribution in [3.63, 3.8) is 0 Å². The monoisotopic (exact) mass is 589 g/mol. The van der Waals surface area contributed by atoms with Crippen molar-refractivity contribution in [2.24, 2.45) is 46.6 Å². The zero-order chi connectivity index (χ0) is 29.2. The Morgan fingerprint density at radius 3 is 2.57 bits per heavy atom. The Labute approximate surface area is 241 Å². The molecule has 4 saturated carbocycles. The number of nitrogens with one attached hydrogen (secondary N) is 2. The van der Waals surface area contributed by atoms with E-state index in [2.05, 4.69) is 21.9 Å². The Morgan fingerprint density at radius 1 is 0.976 bits per heavy atom. The number of allylic oxidation sites excluding steroid dienone is 1. The molecule has 8 atom stereocenters. The summed E-state index contributed by atoms with van der Waals surface area (Å²) in [6.45, 7) is 1.13. The summed E-state index contributed by atoms with van der Waals surface area (Å²) in [6, 6.07) is 2.05. The highest BCUT2D eigenvalue weighted by atomic mass is 19.4. The predicted octanol–water partition coefficient (Wildman–Crippen LogP) is 5.47. The maximum Gasteiger partial charge on any atom is 0.419 e. The Balaban J connectivity index is 1.09. The van der Waals surface area contributed by atoms with Gasteiger partial charge in [-0.2, -0.15) is 13.2 Å². The zero-order valence-corrected chi connectivity index (χ0v) is 23.2. The van der Waals surface area contributed by atoms with Crippen LogP contribution in [0, 0.1) is 47.2 Å². The van der Waals surface area contributed by atoms with E-state index in [1.807, 2.05) is 0 Å². The number of ether oxygens (including phenoxy) is 1. The standard InChI is InChI=1S/C31H35F4N3O4/c32-24-9-6-18(12-23(24)31(33,34)35)36-30(40)26-19-7-8-20(21(19)10-15-4-5-15)28(26)37-29(39)17-3-1-2-16(11-17)27-22-13-41-14-25(22)42-38-27/h6,9-10,12,15-17,19-20,22,25-26,28H,1-5,7-8,11,13-14H2,(H,36,40)(H,37,39)/b21-10-/t16-,17?,19?,20?,22?,25?,26+,28-/m1/s1. The van der Waals surface area contributed by atoms with Gasteiger partial charge >= 0.3 is 6.18 Å². The van der Waals surface area contributed by atoms with Gasteiger partial charge in [0.05, 0.1) is 36.3 Å². The minimum absolute atomic E-state index is 0.0256. The molecule has 2 bridgehead atoms. The molecule has 5 fully saturated rings. The molecule has 226 valence electrons. The van der Waals surface area contributed by atoms with Gasteiger partial charge in [-0.1, -0.05) is 23.2 Å². The Bertz CT molecular complexity index is 1330. The summed E-state index contributed by atoms with van der Waals surface area (Å²) in [4.78, 5) is 33.0. The maximum absolute atomic E-state index is 13.9. The molecule has 2 heterocycles. The lowest BCUT2D eigenvalue weighted by Crippen LogP contribution is -2.50. The largest absolute Gasteiger partial charge is 0.419 e. The molecular weight excluding hydrogens is 554 g/mol. The first-order valence-corrected chi connectivity index (χ1v) is 15.2. The molecule has 1 aromatic carbocycles. The van der Waals surface area contributed by atoms with E-state index < -0.39 is 35.4 Å². The lowest BCUT2D eigenvalue weighted by atomic mass is 9.75. The van der Waals surface area contributed by atoms with Gasteiger partial charge in [-0.25, -0.2) is 4.39 Å². The van der Waals surface area contributed by atoms with Crippen molar-refractivity contribution in [2.45, 2.75) is 69.7 Å². The number of anilines is 1. The van der Waals surface area contributed by atoms with Gasteiger partial charge in [0, 0.05) is 29.5 Å². The zero-order valence-electron chi connectivity index (χ0n) is 23.2. The van der Waals surface area contributed by atoms with Crippen LogP contribution in [0.4, 0.5) is 23.2 Å². The van der Waals surface area contributed by atoms with E-state index in [1.165, 1.54) is 5.57 Å². The highest BCUT2D eigenvalue weighted by Crippen LogP contribution is 2.54. The third-order valence-electron chi connectivity index (χ3n) is 10.3. The third-order valence-corrected chi connectivity index (χ3v) is 10.3. The van der Waals surface area contributed by atoms with Crippen LogP contribution in [-0.4, -0.2) is 42.9 Å². The van der Waals surface area contributed by atoms with Crippen LogP contribution in [0.25, 0.3) is 0 Å². The number of hydrogen-bond acceptors (Lipinski definition) is 5. The molecule has 2 N–H and O–H groups in total. The molecule has 7 nitrogen and oxygen atoms in total. The van der Waals surface area contributed by atoms with Crippen molar-refractivity contribution in [1.82, 2.24) is 5.32 Å². The highest BCUT2D eigenvalue weighted by Gasteiger charge is 2.55. The van der Waals surface area contributed by atoms with Crippen LogP contribution in [0.15, 0.2) is 35.0 Å². The van der Waals surface area contributed by atoms with E-state index in [-0.39, 0.29) is 47.3 Å². The summed E-state index contributed by atoms with van der Waals surface area (Å²) in [7, 11) is 0. The van der Waals surface area contributed by atoms with Crippen molar-refractivity contribution < 1.29 is 36.7 Å². The smallest absolute Gasteiger partial charge is 0.389 e. The second-order valence-corrected chi connectivity index (χ2v) is 12.9. The first-order chi connectivity index (χ1) is 20.2. The van der Waals surface area contributed by atoms with Gasteiger partial charge in [-0.3, -0.25) is 9.59 Å². The Morgan fingerprint density at radius 2 is 1.79 bits per heavy atom. The molecule has 1 saturated heterocycles. The fourth-order valence-corrected chi connectivity index (χ4v) is 8.07. The average Bonchev–Trinajstić information content (AvgIpc) is 3.23. The molecule has 5 unspecified atom stereocenters.